The molecule has 0 aliphatic rings. The van der Waals surface area contributed by atoms with Gasteiger partial charge >= 0.3 is 0 Å². The van der Waals surface area contributed by atoms with E-state index >= 15 is 0 Å². The van der Waals surface area contributed by atoms with Crippen LogP contribution in [0.15, 0.2) is 66.0 Å². The lowest BCUT2D eigenvalue weighted by Gasteiger charge is -2.07. The molecular formula is C18H13FN2O2S. The minimum Gasteiger partial charge on any atom is -0.322 e. The molecule has 0 fully saturated rings. The normalized spacial score (nSPS) is 10.2. The molecule has 120 valence electrons. The standard InChI is InChI=1S/C18H13FN2O2S/c19-13-3-1-4-15(11-13)21-17(22)12-6-8-14(9-7-12)20-18(23)16-5-2-10-24-16/h1-11H,(H,20,23)(H,21,22). The first-order valence-corrected chi connectivity index (χ1v) is 8.01. The first kappa shape index (κ1) is 15.9. The molecule has 0 unspecified atom stereocenters. The number of nitrogens with one attached hydrogen (secondary N) is 2. The number of hydrogen-bond acceptors (Lipinski definition) is 3. The lowest BCUT2D eigenvalue weighted by atomic mass is 10.2. The van der Waals surface area contributed by atoms with E-state index < -0.39 is 5.82 Å². The maximum Gasteiger partial charge on any atom is 0.265 e. The van der Waals surface area contributed by atoms with Crippen LogP contribution in [0.1, 0.15) is 20.0 Å². The van der Waals surface area contributed by atoms with Gasteiger partial charge in [-0.2, -0.15) is 0 Å². The molecule has 2 amide bonds. The molecule has 1 aromatic heterocycles. The van der Waals surface area contributed by atoms with Gasteiger partial charge in [0.1, 0.15) is 5.82 Å². The molecule has 2 N–H and O–H groups in total. The molecule has 0 saturated carbocycles. The minimum absolute atomic E-state index is 0.193. The van der Waals surface area contributed by atoms with Gasteiger partial charge in [-0.15, -0.1) is 11.3 Å². The summed E-state index contributed by atoms with van der Waals surface area (Å²) in [6.07, 6.45) is 0. The van der Waals surface area contributed by atoms with Gasteiger partial charge in [-0.3, -0.25) is 9.59 Å². The van der Waals surface area contributed by atoms with E-state index in [9.17, 15) is 14.0 Å². The summed E-state index contributed by atoms with van der Waals surface area (Å²) in [4.78, 5) is 24.7. The Morgan fingerprint density at radius 3 is 2.25 bits per heavy atom. The third-order valence-electron chi connectivity index (χ3n) is 3.23. The van der Waals surface area contributed by atoms with Crippen LogP contribution in [-0.2, 0) is 0 Å². The fourth-order valence-electron chi connectivity index (χ4n) is 2.07. The lowest BCUT2D eigenvalue weighted by molar-refractivity contribution is 0.102. The van der Waals surface area contributed by atoms with Crippen LogP contribution >= 0.6 is 11.3 Å². The van der Waals surface area contributed by atoms with Crippen molar-refractivity contribution in [2.45, 2.75) is 0 Å². The van der Waals surface area contributed by atoms with Crippen LogP contribution in [0.5, 0.6) is 0 Å². The van der Waals surface area contributed by atoms with E-state index in [1.165, 1.54) is 29.5 Å². The van der Waals surface area contributed by atoms with Gasteiger partial charge in [0.25, 0.3) is 11.8 Å². The van der Waals surface area contributed by atoms with Crippen LogP contribution in [0, 0.1) is 5.82 Å². The van der Waals surface area contributed by atoms with Crippen molar-refractivity contribution < 1.29 is 14.0 Å². The topological polar surface area (TPSA) is 58.2 Å². The predicted octanol–water partition coefficient (Wildman–Crippen LogP) is 4.39. The number of hydrogen-bond donors (Lipinski definition) is 2. The van der Waals surface area contributed by atoms with Crippen LogP contribution < -0.4 is 10.6 Å². The highest BCUT2D eigenvalue weighted by molar-refractivity contribution is 7.12. The number of benzene rings is 2. The molecule has 24 heavy (non-hydrogen) atoms. The number of carbonyl (C=O) groups excluding carboxylic acids is 2. The zero-order chi connectivity index (χ0) is 16.9. The summed E-state index contributed by atoms with van der Waals surface area (Å²) in [5.74, 6) is -0.960. The van der Waals surface area contributed by atoms with E-state index in [4.69, 9.17) is 0 Å². The predicted molar refractivity (Wildman–Crippen MR) is 93.1 cm³/mol. The first-order chi connectivity index (χ1) is 11.6. The molecule has 0 saturated heterocycles. The Morgan fingerprint density at radius 1 is 0.833 bits per heavy atom. The molecule has 3 aromatic rings. The van der Waals surface area contributed by atoms with Crippen LogP contribution in [0.2, 0.25) is 0 Å². The van der Waals surface area contributed by atoms with Gasteiger partial charge in [0.05, 0.1) is 4.88 Å². The zero-order valence-corrected chi connectivity index (χ0v) is 13.3. The third kappa shape index (κ3) is 3.85. The highest BCUT2D eigenvalue weighted by Crippen LogP contribution is 2.16. The molecule has 0 bridgehead atoms. The van der Waals surface area contributed by atoms with Gasteiger partial charge in [-0.05, 0) is 53.9 Å². The van der Waals surface area contributed by atoms with Crippen LogP contribution in [0.3, 0.4) is 0 Å². The van der Waals surface area contributed by atoms with Crippen molar-refractivity contribution in [1.82, 2.24) is 0 Å². The summed E-state index contributed by atoms with van der Waals surface area (Å²) in [6, 6.07) is 15.7. The van der Waals surface area contributed by atoms with Crippen molar-refractivity contribution in [3.05, 3.63) is 82.3 Å². The summed E-state index contributed by atoms with van der Waals surface area (Å²) in [5.41, 5.74) is 1.39. The number of halogens is 1. The highest BCUT2D eigenvalue weighted by Gasteiger charge is 2.09. The Labute approximate surface area is 142 Å². The largest absolute Gasteiger partial charge is 0.322 e. The Kier molecular flexibility index (Phi) is 4.67. The summed E-state index contributed by atoms with van der Waals surface area (Å²) in [6.45, 7) is 0. The van der Waals surface area contributed by atoms with E-state index in [2.05, 4.69) is 10.6 Å². The van der Waals surface area contributed by atoms with Crippen molar-refractivity contribution in [3.63, 3.8) is 0 Å². The Hall–Kier alpha value is -2.99. The molecule has 0 radical (unpaired) electrons. The molecular weight excluding hydrogens is 327 g/mol. The van der Waals surface area contributed by atoms with Crippen LogP contribution in [0.25, 0.3) is 0 Å². The average molecular weight is 340 g/mol. The van der Waals surface area contributed by atoms with Gasteiger partial charge in [0.15, 0.2) is 0 Å². The van der Waals surface area contributed by atoms with E-state index in [1.807, 2.05) is 5.38 Å². The van der Waals surface area contributed by atoms with Gasteiger partial charge < -0.3 is 10.6 Å². The van der Waals surface area contributed by atoms with E-state index in [-0.39, 0.29) is 11.8 Å². The smallest absolute Gasteiger partial charge is 0.265 e. The van der Waals surface area contributed by atoms with Crippen molar-refractivity contribution >= 4 is 34.5 Å². The maximum absolute atomic E-state index is 13.1. The first-order valence-electron chi connectivity index (χ1n) is 7.14. The monoisotopic (exact) mass is 340 g/mol. The third-order valence-corrected chi connectivity index (χ3v) is 4.10. The zero-order valence-electron chi connectivity index (χ0n) is 12.5. The molecule has 0 atom stereocenters. The molecule has 2 aromatic carbocycles. The van der Waals surface area contributed by atoms with Crippen LogP contribution in [-0.4, -0.2) is 11.8 Å². The highest BCUT2D eigenvalue weighted by atomic mass is 32.1. The Balaban J connectivity index is 1.65. The summed E-state index contributed by atoms with van der Waals surface area (Å²) in [5, 5.41) is 7.20. The average Bonchev–Trinajstić information content (AvgIpc) is 3.10. The van der Waals surface area contributed by atoms with Crippen molar-refractivity contribution in [2.75, 3.05) is 10.6 Å². The summed E-state index contributed by atoms with van der Waals surface area (Å²) >= 11 is 1.35. The second-order valence-electron chi connectivity index (χ2n) is 4.97. The maximum atomic E-state index is 13.1. The summed E-state index contributed by atoms with van der Waals surface area (Å²) in [7, 11) is 0. The van der Waals surface area contributed by atoms with Gasteiger partial charge in [0.2, 0.25) is 0 Å². The number of rotatable bonds is 4. The summed E-state index contributed by atoms with van der Waals surface area (Å²) < 4.78 is 13.1. The molecule has 4 nitrogen and oxygen atoms in total. The van der Waals surface area contributed by atoms with Gasteiger partial charge in [0, 0.05) is 16.9 Å². The lowest BCUT2D eigenvalue weighted by Crippen LogP contribution is -2.13. The van der Waals surface area contributed by atoms with Crippen molar-refractivity contribution in [1.29, 1.82) is 0 Å². The number of thiophene rings is 1. The number of carbonyl (C=O) groups is 2. The van der Waals surface area contributed by atoms with Gasteiger partial charge in [-0.1, -0.05) is 12.1 Å². The van der Waals surface area contributed by atoms with Gasteiger partial charge in [-0.25, -0.2) is 4.39 Å². The van der Waals surface area contributed by atoms with E-state index in [0.29, 0.717) is 21.8 Å². The Morgan fingerprint density at radius 2 is 1.58 bits per heavy atom. The second kappa shape index (κ2) is 7.06. The fraction of sp³-hybridized carbons (Fsp3) is 0. The fourth-order valence-corrected chi connectivity index (χ4v) is 2.69. The Bertz CT molecular complexity index is 861. The SMILES string of the molecule is O=C(Nc1cccc(F)c1)c1ccc(NC(=O)c2cccs2)cc1. The van der Waals surface area contributed by atoms with E-state index in [1.54, 1.807) is 42.5 Å². The molecule has 3 rings (SSSR count). The number of amides is 2. The number of anilines is 2. The van der Waals surface area contributed by atoms with Crippen molar-refractivity contribution in [3.8, 4) is 0 Å². The molecule has 0 aliphatic heterocycles. The van der Waals surface area contributed by atoms with Crippen LogP contribution in [0.4, 0.5) is 15.8 Å². The molecule has 0 spiro atoms. The quantitative estimate of drug-likeness (QED) is 0.740. The minimum atomic E-state index is -0.417. The second-order valence-corrected chi connectivity index (χ2v) is 5.92. The molecule has 0 aliphatic carbocycles. The molecule has 6 heteroatoms. The molecule has 1 heterocycles. The van der Waals surface area contributed by atoms with E-state index in [0.717, 1.165) is 0 Å². The van der Waals surface area contributed by atoms with Crippen molar-refractivity contribution in [2.24, 2.45) is 0 Å².